The SMILES string of the molecule is COc1ccc(OC)c([SH](=O)=O)c1. The average Bonchev–Trinajstić information content (AvgIpc) is 2.16. The van der Waals surface area contributed by atoms with Crippen LogP contribution in [0.15, 0.2) is 23.1 Å². The van der Waals surface area contributed by atoms with Crippen LogP contribution in [0.2, 0.25) is 0 Å². The smallest absolute Gasteiger partial charge is 0.172 e. The molecule has 0 saturated heterocycles. The summed E-state index contributed by atoms with van der Waals surface area (Å²) in [6.07, 6.45) is 0. The van der Waals surface area contributed by atoms with Crippen LogP contribution in [-0.2, 0) is 10.7 Å². The van der Waals surface area contributed by atoms with Gasteiger partial charge in [-0.3, -0.25) is 0 Å². The molecular weight excluding hydrogens is 192 g/mol. The molecule has 0 amide bonds. The molecule has 0 atom stereocenters. The third-order valence-corrected chi connectivity index (χ3v) is 2.33. The quantitative estimate of drug-likeness (QED) is 0.732. The third kappa shape index (κ3) is 2.12. The van der Waals surface area contributed by atoms with Gasteiger partial charge in [0.2, 0.25) is 0 Å². The van der Waals surface area contributed by atoms with Crippen LogP contribution >= 0.6 is 0 Å². The first-order chi connectivity index (χ1) is 6.19. The Kier molecular flexibility index (Phi) is 3.13. The van der Waals surface area contributed by atoms with E-state index in [9.17, 15) is 8.42 Å². The Bertz CT molecular complexity index is 362. The van der Waals surface area contributed by atoms with Crippen molar-refractivity contribution < 1.29 is 17.9 Å². The Morgan fingerprint density at radius 1 is 1.15 bits per heavy atom. The summed E-state index contributed by atoms with van der Waals surface area (Å²) in [5.41, 5.74) is 0. The van der Waals surface area contributed by atoms with Gasteiger partial charge in [0.25, 0.3) is 0 Å². The zero-order valence-electron chi connectivity index (χ0n) is 7.31. The normalized spacial score (nSPS) is 10.1. The van der Waals surface area contributed by atoms with E-state index in [0.717, 1.165) is 0 Å². The minimum Gasteiger partial charge on any atom is -0.497 e. The van der Waals surface area contributed by atoms with E-state index in [-0.39, 0.29) is 4.90 Å². The fraction of sp³-hybridized carbons (Fsp3) is 0.250. The first-order valence-corrected chi connectivity index (χ1v) is 4.73. The zero-order chi connectivity index (χ0) is 9.84. The number of methoxy groups -OCH3 is 2. The molecule has 0 radical (unpaired) electrons. The molecule has 0 aliphatic heterocycles. The molecule has 0 bridgehead atoms. The lowest BCUT2D eigenvalue weighted by Gasteiger charge is -2.04. The van der Waals surface area contributed by atoms with Crippen LogP contribution in [0.3, 0.4) is 0 Å². The van der Waals surface area contributed by atoms with E-state index in [1.54, 1.807) is 12.1 Å². The Balaban J connectivity index is 3.26. The Labute approximate surface area is 78.0 Å². The van der Waals surface area contributed by atoms with E-state index >= 15 is 0 Å². The summed E-state index contributed by atoms with van der Waals surface area (Å²) in [6.45, 7) is 0. The monoisotopic (exact) mass is 202 g/mol. The minimum absolute atomic E-state index is 0.136. The Morgan fingerprint density at radius 2 is 1.85 bits per heavy atom. The Morgan fingerprint density at radius 3 is 2.31 bits per heavy atom. The lowest BCUT2D eigenvalue weighted by Crippen LogP contribution is -1.91. The molecular formula is C8H10O4S. The highest BCUT2D eigenvalue weighted by molar-refractivity contribution is 7.72. The van der Waals surface area contributed by atoms with Gasteiger partial charge in [0.15, 0.2) is 10.7 Å². The summed E-state index contributed by atoms with van der Waals surface area (Å²) in [5, 5.41) is 0. The average molecular weight is 202 g/mol. The Hall–Kier alpha value is -1.23. The summed E-state index contributed by atoms with van der Waals surface area (Å²) in [7, 11) is 0.247. The van der Waals surface area contributed by atoms with E-state index in [1.807, 2.05) is 0 Å². The fourth-order valence-corrected chi connectivity index (χ4v) is 1.52. The van der Waals surface area contributed by atoms with Gasteiger partial charge in [-0.1, -0.05) is 0 Å². The molecule has 0 aliphatic rings. The van der Waals surface area contributed by atoms with E-state index < -0.39 is 10.7 Å². The van der Waals surface area contributed by atoms with Crippen LogP contribution in [0.5, 0.6) is 11.5 Å². The second kappa shape index (κ2) is 4.13. The van der Waals surface area contributed by atoms with Crippen molar-refractivity contribution >= 4 is 10.7 Å². The predicted octanol–water partition coefficient (Wildman–Crippen LogP) is 0.674. The van der Waals surface area contributed by atoms with E-state index in [4.69, 9.17) is 9.47 Å². The first kappa shape index (κ1) is 9.85. The van der Waals surface area contributed by atoms with Crippen molar-refractivity contribution in [2.45, 2.75) is 4.90 Å². The molecule has 1 rings (SSSR count). The van der Waals surface area contributed by atoms with Crippen LogP contribution in [-0.4, -0.2) is 22.6 Å². The van der Waals surface area contributed by atoms with Crippen molar-refractivity contribution in [1.82, 2.24) is 0 Å². The first-order valence-electron chi connectivity index (χ1n) is 3.55. The van der Waals surface area contributed by atoms with Crippen molar-refractivity contribution in [2.24, 2.45) is 0 Å². The lowest BCUT2D eigenvalue weighted by atomic mass is 10.3. The van der Waals surface area contributed by atoms with Gasteiger partial charge in [-0.15, -0.1) is 0 Å². The van der Waals surface area contributed by atoms with Crippen LogP contribution < -0.4 is 9.47 Å². The summed E-state index contributed by atoms with van der Waals surface area (Å²) in [5.74, 6) is 0.826. The number of ether oxygens (including phenoxy) is 2. The second-order valence-corrected chi connectivity index (χ2v) is 3.29. The highest BCUT2D eigenvalue weighted by Crippen LogP contribution is 2.24. The molecule has 1 aromatic rings. The number of hydrogen-bond acceptors (Lipinski definition) is 4. The molecule has 0 heterocycles. The zero-order valence-corrected chi connectivity index (χ0v) is 8.21. The van der Waals surface area contributed by atoms with E-state index in [1.165, 1.54) is 20.3 Å². The molecule has 0 aliphatic carbocycles. The largest absolute Gasteiger partial charge is 0.497 e. The molecule has 72 valence electrons. The van der Waals surface area contributed by atoms with Gasteiger partial charge in [0.05, 0.1) is 14.2 Å². The van der Waals surface area contributed by atoms with Gasteiger partial charge in [0.1, 0.15) is 16.4 Å². The maximum atomic E-state index is 10.8. The standard InChI is InChI=1S/C8H10O4S/c1-11-6-3-4-7(12-2)8(5-6)13(9)10/h3-5,13H,1-2H3. The highest BCUT2D eigenvalue weighted by Gasteiger charge is 2.06. The maximum Gasteiger partial charge on any atom is 0.172 e. The van der Waals surface area contributed by atoms with Gasteiger partial charge in [-0.2, -0.15) is 0 Å². The number of hydrogen-bond donors (Lipinski definition) is 1. The molecule has 13 heavy (non-hydrogen) atoms. The van der Waals surface area contributed by atoms with Crippen molar-refractivity contribution in [1.29, 1.82) is 0 Å². The summed E-state index contributed by atoms with van der Waals surface area (Å²) < 4.78 is 31.2. The van der Waals surface area contributed by atoms with Gasteiger partial charge in [0, 0.05) is 6.07 Å². The summed E-state index contributed by atoms with van der Waals surface area (Å²) >= 11 is 0. The lowest BCUT2D eigenvalue weighted by molar-refractivity contribution is 0.393. The molecule has 1 aromatic carbocycles. The molecule has 0 N–H and O–H groups in total. The number of benzene rings is 1. The molecule has 0 fully saturated rings. The van der Waals surface area contributed by atoms with Crippen LogP contribution in [0, 0.1) is 0 Å². The van der Waals surface area contributed by atoms with Gasteiger partial charge >= 0.3 is 0 Å². The van der Waals surface area contributed by atoms with Crippen LogP contribution in [0.1, 0.15) is 0 Å². The van der Waals surface area contributed by atoms with Crippen LogP contribution in [0.4, 0.5) is 0 Å². The van der Waals surface area contributed by atoms with Gasteiger partial charge in [-0.25, -0.2) is 8.42 Å². The van der Waals surface area contributed by atoms with E-state index in [0.29, 0.717) is 11.5 Å². The third-order valence-electron chi connectivity index (χ3n) is 1.58. The highest BCUT2D eigenvalue weighted by atomic mass is 32.2. The van der Waals surface area contributed by atoms with Crippen molar-refractivity contribution in [3.8, 4) is 11.5 Å². The fourth-order valence-electron chi connectivity index (χ4n) is 0.939. The van der Waals surface area contributed by atoms with Crippen LogP contribution in [0.25, 0.3) is 0 Å². The molecule has 0 spiro atoms. The number of thiol groups is 1. The van der Waals surface area contributed by atoms with Crippen molar-refractivity contribution in [2.75, 3.05) is 14.2 Å². The van der Waals surface area contributed by atoms with Gasteiger partial charge in [-0.05, 0) is 12.1 Å². The molecule has 0 saturated carbocycles. The van der Waals surface area contributed by atoms with Crippen molar-refractivity contribution in [3.05, 3.63) is 18.2 Å². The topological polar surface area (TPSA) is 52.6 Å². The molecule has 5 heteroatoms. The summed E-state index contributed by atoms with van der Waals surface area (Å²) in [6, 6.07) is 4.62. The molecule has 0 unspecified atom stereocenters. The van der Waals surface area contributed by atoms with Crippen molar-refractivity contribution in [3.63, 3.8) is 0 Å². The molecule has 4 nitrogen and oxygen atoms in total. The second-order valence-electron chi connectivity index (χ2n) is 2.29. The maximum absolute atomic E-state index is 10.8. The number of rotatable bonds is 3. The van der Waals surface area contributed by atoms with E-state index in [2.05, 4.69) is 0 Å². The van der Waals surface area contributed by atoms with Gasteiger partial charge < -0.3 is 9.47 Å². The predicted molar refractivity (Wildman–Crippen MR) is 48.1 cm³/mol. The minimum atomic E-state index is -2.65. The molecule has 0 aromatic heterocycles. The summed E-state index contributed by atoms with van der Waals surface area (Å²) in [4.78, 5) is 0.136.